The Hall–Kier alpha value is -0.540. The van der Waals surface area contributed by atoms with Gasteiger partial charge in [-0.1, -0.05) is 33.6 Å². The summed E-state index contributed by atoms with van der Waals surface area (Å²) in [6, 6.07) is 5.56. The highest BCUT2D eigenvalue weighted by Crippen LogP contribution is 2.20. The fraction of sp³-hybridized carbons (Fsp3) is 0.417. The fourth-order valence-corrected chi connectivity index (χ4v) is 1.94. The second kappa shape index (κ2) is 5.69. The Morgan fingerprint density at radius 2 is 2.19 bits per heavy atom. The van der Waals surface area contributed by atoms with Crippen LogP contribution < -0.4 is 0 Å². The van der Waals surface area contributed by atoms with Gasteiger partial charge in [0.1, 0.15) is 0 Å². The van der Waals surface area contributed by atoms with Crippen molar-refractivity contribution in [2.24, 2.45) is 0 Å². The van der Waals surface area contributed by atoms with Crippen molar-refractivity contribution in [3.8, 4) is 0 Å². The number of alkyl halides is 1. The number of benzene rings is 1. The number of hydrogen-bond donors (Lipinski definition) is 0. The summed E-state index contributed by atoms with van der Waals surface area (Å²) in [5.74, 6) is 0.00644. The Labute approximate surface area is 110 Å². The van der Waals surface area contributed by atoms with E-state index in [1.54, 1.807) is 30.1 Å². The van der Waals surface area contributed by atoms with E-state index in [-0.39, 0.29) is 11.9 Å². The highest BCUT2D eigenvalue weighted by atomic mass is 79.9. The van der Waals surface area contributed by atoms with Crippen LogP contribution in [0.4, 0.5) is 0 Å². The molecular formula is C12H15BrClNO. The number of carbonyl (C=O) groups is 1. The Kier molecular flexibility index (Phi) is 4.81. The smallest absolute Gasteiger partial charge is 0.254 e. The Balaban J connectivity index is 3.01. The quantitative estimate of drug-likeness (QED) is 0.783. The van der Waals surface area contributed by atoms with Crippen molar-refractivity contribution in [1.82, 2.24) is 4.90 Å². The number of halogens is 2. The van der Waals surface area contributed by atoms with Crippen LogP contribution in [0, 0.1) is 6.92 Å². The Morgan fingerprint density at radius 3 is 2.75 bits per heavy atom. The first-order chi connectivity index (χ1) is 7.49. The predicted molar refractivity (Wildman–Crippen MR) is 71.5 cm³/mol. The Bertz CT molecular complexity index is 395. The molecule has 0 heterocycles. The van der Waals surface area contributed by atoms with E-state index in [0.29, 0.717) is 10.6 Å². The lowest BCUT2D eigenvalue weighted by atomic mass is 10.1. The predicted octanol–water partition coefficient (Wildman–Crippen LogP) is 3.50. The molecule has 0 radical (unpaired) electrons. The highest BCUT2D eigenvalue weighted by molar-refractivity contribution is 9.09. The minimum absolute atomic E-state index is 0.00644. The van der Waals surface area contributed by atoms with Gasteiger partial charge < -0.3 is 4.90 Å². The molecule has 1 amide bonds. The van der Waals surface area contributed by atoms with Crippen LogP contribution in [0.15, 0.2) is 18.2 Å². The average Bonchev–Trinajstić information content (AvgIpc) is 2.29. The summed E-state index contributed by atoms with van der Waals surface area (Å²) in [5.41, 5.74) is 1.51. The van der Waals surface area contributed by atoms with Gasteiger partial charge in [0.2, 0.25) is 0 Å². The standard InChI is InChI=1S/C12H15BrClNO/c1-8(7-13)15(3)12(16)10-5-4-6-11(14)9(10)2/h4-6,8H,7H2,1-3H3. The van der Waals surface area contributed by atoms with Crippen LogP contribution >= 0.6 is 27.5 Å². The van der Waals surface area contributed by atoms with Gasteiger partial charge in [0.05, 0.1) is 0 Å². The summed E-state index contributed by atoms with van der Waals surface area (Å²) in [6.07, 6.45) is 0. The van der Waals surface area contributed by atoms with E-state index in [2.05, 4.69) is 15.9 Å². The number of amides is 1. The number of carbonyl (C=O) groups excluding carboxylic acids is 1. The van der Waals surface area contributed by atoms with Crippen molar-refractivity contribution in [2.45, 2.75) is 19.9 Å². The van der Waals surface area contributed by atoms with E-state index in [1.807, 2.05) is 13.8 Å². The summed E-state index contributed by atoms with van der Waals surface area (Å²) in [5, 5.41) is 1.39. The topological polar surface area (TPSA) is 20.3 Å². The molecule has 4 heteroatoms. The van der Waals surface area contributed by atoms with E-state index in [1.165, 1.54) is 0 Å². The molecule has 0 aliphatic carbocycles. The molecule has 88 valence electrons. The second-order valence-electron chi connectivity index (χ2n) is 3.83. The molecule has 0 saturated carbocycles. The molecule has 0 aliphatic rings. The van der Waals surface area contributed by atoms with Gasteiger partial charge in [-0.2, -0.15) is 0 Å². The summed E-state index contributed by atoms with van der Waals surface area (Å²) < 4.78 is 0. The van der Waals surface area contributed by atoms with Gasteiger partial charge >= 0.3 is 0 Å². The molecule has 1 aromatic carbocycles. The first kappa shape index (κ1) is 13.5. The van der Waals surface area contributed by atoms with Crippen LogP contribution in [-0.4, -0.2) is 29.2 Å². The van der Waals surface area contributed by atoms with Crippen LogP contribution in [0.3, 0.4) is 0 Å². The molecule has 0 aliphatic heterocycles. The molecule has 0 bridgehead atoms. The monoisotopic (exact) mass is 303 g/mol. The molecule has 16 heavy (non-hydrogen) atoms. The third kappa shape index (κ3) is 2.77. The molecule has 0 spiro atoms. The SMILES string of the molecule is Cc1c(Cl)cccc1C(=O)N(C)C(C)CBr. The van der Waals surface area contributed by atoms with Crippen LogP contribution in [0.5, 0.6) is 0 Å². The molecule has 1 atom stereocenters. The van der Waals surface area contributed by atoms with Gasteiger partial charge in [0.15, 0.2) is 0 Å². The average molecular weight is 305 g/mol. The summed E-state index contributed by atoms with van der Waals surface area (Å²) in [7, 11) is 1.80. The van der Waals surface area contributed by atoms with Crippen molar-refractivity contribution in [3.05, 3.63) is 34.3 Å². The van der Waals surface area contributed by atoms with E-state index >= 15 is 0 Å². The zero-order chi connectivity index (χ0) is 12.3. The molecular weight excluding hydrogens is 289 g/mol. The van der Waals surface area contributed by atoms with Gasteiger partial charge in [-0.3, -0.25) is 4.79 Å². The molecule has 0 N–H and O–H groups in total. The summed E-state index contributed by atoms with van der Waals surface area (Å²) >= 11 is 9.37. The summed E-state index contributed by atoms with van der Waals surface area (Å²) in [6.45, 7) is 3.86. The van der Waals surface area contributed by atoms with E-state index in [0.717, 1.165) is 10.9 Å². The summed E-state index contributed by atoms with van der Waals surface area (Å²) in [4.78, 5) is 13.9. The van der Waals surface area contributed by atoms with E-state index in [4.69, 9.17) is 11.6 Å². The van der Waals surface area contributed by atoms with Gasteiger partial charge in [-0.15, -0.1) is 0 Å². The first-order valence-corrected chi connectivity index (χ1v) is 6.57. The van der Waals surface area contributed by atoms with Crippen molar-refractivity contribution in [1.29, 1.82) is 0 Å². The maximum absolute atomic E-state index is 12.2. The minimum atomic E-state index is 0.00644. The number of rotatable bonds is 3. The molecule has 1 aromatic rings. The van der Waals surface area contributed by atoms with Gasteiger partial charge in [0.25, 0.3) is 5.91 Å². The van der Waals surface area contributed by atoms with Crippen molar-refractivity contribution < 1.29 is 4.79 Å². The fourth-order valence-electron chi connectivity index (χ4n) is 1.33. The third-order valence-corrected chi connectivity index (χ3v) is 4.05. The zero-order valence-corrected chi connectivity index (χ0v) is 12.0. The number of nitrogens with zero attached hydrogens (tertiary/aromatic N) is 1. The van der Waals surface area contributed by atoms with Crippen LogP contribution in [0.25, 0.3) is 0 Å². The highest BCUT2D eigenvalue weighted by Gasteiger charge is 2.18. The van der Waals surface area contributed by atoms with Crippen molar-refractivity contribution in [3.63, 3.8) is 0 Å². The molecule has 0 saturated heterocycles. The zero-order valence-electron chi connectivity index (χ0n) is 9.63. The number of hydrogen-bond acceptors (Lipinski definition) is 1. The lowest BCUT2D eigenvalue weighted by Crippen LogP contribution is -2.36. The van der Waals surface area contributed by atoms with Gasteiger partial charge in [-0.05, 0) is 31.5 Å². The van der Waals surface area contributed by atoms with Gasteiger partial charge in [-0.25, -0.2) is 0 Å². The molecule has 1 unspecified atom stereocenters. The van der Waals surface area contributed by atoms with Gasteiger partial charge in [0, 0.05) is 29.0 Å². The molecule has 1 rings (SSSR count). The maximum atomic E-state index is 12.2. The van der Waals surface area contributed by atoms with Crippen LogP contribution in [0.2, 0.25) is 5.02 Å². The lowest BCUT2D eigenvalue weighted by molar-refractivity contribution is 0.0757. The molecule has 0 fully saturated rings. The lowest BCUT2D eigenvalue weighted by Gasteiger charge is -2.24. The largest absolute Gasteiger partial charge is 0.338 e. The second-order valence-corrected chi connectivity index (χ2v) is 4.89. The Morgan fingerprint density at radius 1 is 1.56 bits per heavy atom. The third-order valence-electron chi connectivity index (χ3n) is 2.70. The first-order valence-electron chi connectivity index (χ1n) is 5.07. The molecule has 2 nitrogen and oxygen atoms in total. The minimum Gasteiger partial charge on any atom is -0.338 e. The van der Waals surface area contributed by atoms with Crippen LogP contribution in [0.1, 0.15) is 22.8 Å². The van der Waals surface area contributed by atoms with E-state index < -0.39 is 0 Å². The normalized spacial score (nSPS) is 12.3. The van der Waals surface area contributed by atoms with Crippen LogP contribution in [-0.2, 0) is 0 Å². The maximum Gasteiger partial charge on any atom is 0.254 e. The van der Waals surface area contributed by atoms with Crippen molar-refractivity contribution in [2.75, 3.05) is 12.4 Å². The van der Waals surface area contributed by atoms with E-state index in [9.17, 15) is 4.79 Å². The van der Waals surface area contributed by atoms with Crippen molar-refractivity contribution >= 4 is 33.4 Å². The molecule has 0 aromatic heterocycles.